The molecule has 0 aliphatic rings. The van der Waals surface area contributed by atoms with E-state index in [9.17, 15) is 4.79 Å². The third kappa shape index (κ3) is 2.03. The van der Waals surface area contributed by atoms with Crippen molar-refractivity contribution in [1.29, 1.82) is 0 Å². The topological polar surface area (TPSA) is 45.8 Å². The summed E-state index contributed by atoms with van der Waals surface area (Å²) < 4.78 is 0. The number of aromatic amines is 1. The van der Waals surface area contributed by atoms with E-state index < -0.39 is 0 Å². The summed E-state index contributed by atoms with van der Waals surface area (Å²) in [6, 6.07) is 4.72. The fourth-order valence-corrected chi connectivity index (χ4v) is 1.68. The number of rotatable bonds is 2. The van der Waals surface area contributed by atoms with E-state index in [4.69, 9.17) is 23.2 Å². The molecule has 0 saturated carbocycles. The van der Waals surface area contributed by atoms with Gasteiger partial charge < -0.3 is 4.98 Å². The van der Waals surface area contributed by atoms with E-state index in [1.165, 1.54) is 12.3 Å². The number of carbonyl (C=O) groups excluding carboxylic acids is 1. The molecule has 1 aromatic carbocycles. The van der Waals surface area contributed by atoms with Crippen molar-refractivity contribution >= 4 is 29.0 Å². The Balaban J connectivity index is 2.42. The highest BCUT2D eigenvalue weighted by Gasteiger charge is 2.14. The molecule has 0 amide bonds. The molecule has 2 aromatic rings. The minimum atomic E-state index is -0.248. The summed E-state index contributed by atoms with van der Waals surface area (Å²) >= 11 is 11.6. The normalized spacial score (nSPS) is 10.3. The molecular formula is C10H6Cl2N2O. The van der Waals surface area contributed by atoms with Crippen LogP contribution in [0.5, 0.6) is 0 Å². The Hall–Kier alpha value is -1.32. The number of hydrogen-bond acceptors (Lipinski definition) is 2. The van der Waals surface area contributed by atoms with Gasteiger partial charge in [0, 0.05) is 23.0 Å². The molecular weight excluding hydrogens is 235 g/mol. The van der Waals surface area contributed by atoms with Crippen LogP contribution < -0.4 is 0 Å². The maximum absolute atomic E-state index is 11.8. The molecule has 0 radical (unpaired) electrons. The Morgan fingerprint density at radius 2 is 2.13 bits per heavy atom. The Morgan fingerprint density at radius 1 is 1.33 bits per heavy atom. The van der Waals surface area contributed by atoms with Crippen molar-refractivity contribution in [3.8, 4) is 0 Å². The first-order chi connectivity index (χ1) is 7.18. The lowest BCUT2D eigenvalue weighted by molar-refractivity contribution is 0.103. The molecule has 0 fully saturated rings. The van der Waals surface area contributed by atoms with Gasteiger partial charge in [0.2, 0.25) is 5.78 Å². The molecule has 2 rings (SSSR count). The minimum Gasteiger partial charge on any atom is -0.342 e. The summed E-state index contributed by atoms with van der Waals surface area (Å²) in [4.78, 5) is 18.4. The maximum Gasteiger partial charge on any atom is 0.229 e. The van der Waals surface area contributed by atoms with Crippen LogP contribution in [0.15, 0.2) is 30.6 Å². The van der Waals surface area contributed by atoms with Gasteiger partial charge in [-0.2, -0.15) is 0 Å². The monoisotopic (exact) mass is 240 g/mol. The summed E-state index contributed by atoms with van der Waals surface area (Å²) in [6.07, 6.45) is 3.09. The highest BCUT2D eigenvalue weighted by atomic mass is 35.5. The third-order valence-corrected chi connectivity index (χ3v) is 2.44. The number of H-pyrrole nitrogens is 1. The van der Waals surface area contributed by atoms with E-state index in [0.29, 0.717) is 15.6 Å². The van der Waals surface area contributed by atoms with Crippen molar-refractivity contribution < 1.29 is 4.79 Å². The molecule has 15 heavy (non-hydrogen) atoms. The molecule has 0 saturated heterocycles. The molecule has 0 spiro atoms. The van der Waals surface area contributed by atoms with E-state index in [1.54, 1.807) is 18.3 Å². The fraction of sp³-hybridized carbons (Fsp3) is 0. The third-order valence-electron chi connectivity index (χ3n) is 1.89. The van der Waals surface area contributed by atoms with Gasteiger partial charge in [-0.3, -0.25) is 4.79 Å². The minimum absolute atomic E-state index is 0.248. The first-order valence-electron chi connectivity index (χ1n) is 4.17. The molecule has 0 aliphatic carbocycles. The lowest BCUT2D eigenvalue weighted by Gasteiger charge is -2.01. The Kier molecular flexibility index (Phi) is 2.75. The van der Waals surface area contributed by atoms with Crippen molar-refractivity contribution in [3.63, 3.8) is 0 Å². The molecule has 0 atom stereocenters. The number of imidazole rings is 1. The Labute approximate surface area is 96.1 Å². The first-order valence-corrected chi connectivity index (χ1v) is 4.93. The lowest BCUT2D eigenvalue weighted by atomic mass is 10.1. The predicted octanol–water partition coefficient (Wildman–Crippen LogP) is 2.95. The van der Waals surface area contributed by atoms with Gasteiger partial charge >= 0.3 is 0 Å². The second kappa shape index (κ2) is 4.04. The number of carbonyl (C=O) groups is 1. The molecule has 0 bridgehead atoms. The lowest BCUT2D eigenvalue weighted by Crippen LogP contribution is -2.04. The van der Waals surface area contributed by atoms with Crippen LogP contribution in [-0.2, 0) is 0 Å². The summed E-state index contributed by atoms with van der Waals surface area (Å²) in [5.74, 6) is 0.0147. The Bertz CT molecular complexity index is 494. The van der Waals surface area contributed by atoms with Crippen LogP contribution in [-0.4, -0.2) is 15.8 Å². The number of nitrogens with one attached hydrogen (secondary N) is 1. The molecule has 0 aliphatic heterocycles. The van der Waals surface area contributed by atoms with Crippen LogP contribution >= 0.6 is 23.2 Å². The fourth-order valence-electron chi connectivity index (χ4n) is 1.19. The molecule has 1 N–H and O–H groups in total. The molecule has 5 heteroatoms. The SMILES string of the molecule is O=C(c1ncc[nH]1)c1ccc(Cl)cc1Cl. The zero-order valence-corrected chi connectivity index (χ0v) is 9.01. The van der Waals surface area contributed by atoms with E-state index >= 15 is 0 Å². The average molecular weight is 241 g/mol. The van der Waals surface area contributed by atoms with Crippen molar-refractivity contribution in [3.05, 3.63) is 52.0 Å². The second-order valence-corrected chi connectivity index (χ2v) is 3.73. The highest BCUT2D eigenvalue weighted by molar-refractivity contribution is 6.37. The van der Waals surface area contributed by atoms with Crippen molar-refractivity contribution in [2.45, 2.75) is 0 Å². The molecule has 0 unspecified atom stereocenters. The number of aromatic nitrogens is 2. The van der Waals surface area contributed by atoms with E-state index in [0.717, 1.165) is 0 Å². The van der Waals surface area contributed by atoms with E-state index in [-0.39, 0.29) is 11.6 Å². The summed E-state index contributed by atoms with van der Waals surface area (Å²) in [7, 11) is 0. The quantitative estimate of drug-likeness (QED) is 0.821. The number of nitrogens with zero attached hydrogens (tertiary/aromatic N) is 1. The van der Waals surface area contributed by atoms with Gasteiger partial charge in [0.25, 0.3) is 0 Å². The molecule has 1 aromatic heterocycles. The first kappa shape index (κ1) is 10.2. The van der Waals surface area contributed by atoms with Gasteiger partial charge in [-0.05, 0) is 18.2 Å². The van der Waals surface area contributed by atoms with Crippen molar-refractivity contribution in [2.24, 2.45) is 0 Å². The van der Waals surface area contributed by atoms with E-state index in [2.05, 4.69) is 9.97 Å². The van der Waals surface area contributed by atoms with E-state index in [1.807, 2.05) is 0 Å². The number of ketones is 1. The van der Waals surface area contributed by atoms with Gasteiger partial charge in [-0.25, -0.2) is 4.98 Å². The number of halogens is 2. The van der Waals surface area contributed by atoms with Crippen molar-refractivity contribution in [2.75, 3.05) is 0 Å². The van der Waals surface area contributed by atoms with Crippen LogP contribution in [0.1, 0.15) is 16.2 Å². The summed E-state index contributed by atoms with van der Waals surface area (Å²) in [5, 5.41) is 0.819. The standard InChI is InChI=1S/C10H6Cl2N2O/c11-6-1-2-7(8(12)5-6)9(15)10-13-3-4-14-10/h1-5H,(H,13,14). The smallest absolute Gasteiger partial charge is 0.229 e. The second-order valence-electron chi connectivity index (χ2n) is 2.89. The maximum atomic E-state index is 11.8. The van der Waals surface area contributed by atoms with Crippen LogP contribution in [0.25, 0.3) is 0 Å². The van der Waals surface area contributed by atoms with Crippen molar-refractivity contribution in [1.82, 2.24) is 9.97 Å². The van der Waals surface area contributed by atoms with Gasteiger partial charge in [0.1, 0.15) is 0 Å². The van der Waals surface area contributed by atoms with Gasteiger partial charge in [0.05, 0.1) is 5.02 Å². The van der Waals surface area contributed by atoms with Gasteiger partial charge in [0.15, 0.2) is 5.82 Å². The van der Waals surface area contributed by atoms with Gasteiger partial charge in [-0.1, -0.05) is 23.2 Å². The summed E-state index contributed by atoms with van der Waals surface area (Å²) in [5.41, 5.74) is 0.385. The van der Waals surface area contributed by atoms with Crippen LogP contribution in [0, 0.1) is 0 Å². The van der Waals surface area contributed by atoms with Crippen LogP contribution in [0.3, 0.4) is 0 Å². The van der Waals surface area contributed by atoms with Crippen LogP contribution in [0.4, 0.5) is 0 Å². The number of hydrogen-bond donors (Lipinski definition) is 1. The average Bonchev–Trinajstić information content (AvgIpc) is 2.69. The summed E-state index contributed by atoms with van der Waals surface area (Å²) in [6.45, 7) is 0. The number of benzene rings is 1. The predicted molar refractivity (Wildman–Crippen MR) is 58.5 cm³/mol. The highest BCUT2D eigenvalue weighted by Crippen LogP contribution is 2.22. The molecule has 1 heterocycles. The zero-order chi connectivity index (χ0) is 10.8. The zero-order valence-electron chi connectivity index (χ0n) is 7.50. The molecule has 3 nitrogen and oxygen atoms in total. The molecule has 76 valence electrons. The van der Waals surface area contributed by atoms with Crippen LogP contribution in [0.2, 0.25) is 10.0 Å². The van der Waals surface area contributed by atoms with Gasteiger partial charge in [-0.15, -0.1) is 0 Å². The largest absolute Gasteiger partial charge is 0.342 e. The Morgan fingerprint density at radius 3 is 2.73 bits per heavy atom.